The van der Waals surface area contributed by atoms with Crippen LogP contribution >= 0.6 is 11.6 Å². The maximum absolute atomic E-state index is 13.6. The Balaban J connectivity index is 0.000000328. The molecular formula is C27H24ClN5O6S2. The lowest BCUT2D eigenvalue weighted by Gasteiger charge is -2.26. The molecule has 0 fully saturated rings. The first-order chi connectivity index (χ1) is 19.4. The Morgan fingerprint density at radius 2 is 1.80 bits per heavy atom. The van der Waals surface area contributed by atoms with Crippen LogP contribution in [0.5, 0.6) is 0 Å². The van der Waals surface area contributed by atoms with E-state index in [1.165, 1.54) is 39.4 Å². The zero-order valence-corrected chi connectivity index (χ0v) is 24.0. The van der Waals surface area contributed by atoms with E-state index in [1.807, 2.05) is 6.07 Å². The number of nitrogens with zero attached hydrogens (tertiary/aromatic N) is 4. The van der Waals surface area contributed by atoms with Crippen molar-refractivity contribution in [3.8, 4) is 6.07 Å². The molecule has 14 heteroatoms. The highest BCUT2D eigenvalue weighted by molar-refractivity contribution is 7.92. The summed E-state index contributed by atoms with van der Waals surface area (Å²) < 4.78 is 58.8. The quantitative estimate of drug-likeness (QED) is 0.312. The number of aryl methyl sites for hydroxylation is 1. The van der Waals surface area contributed by atoms with Crippen molar-refractivity contribution < 1.29 is 26.2 Å². The van der Waals surface area contributed by atoms with Gasteiger partial charge in [-0.2, -0.15) is 18.8 Å². The number of sulfonamides is 1. The summed E-state index contributed by atoms with van der Waals surface area (Å²) in [5, 5.41) is 15.7. The fourth-order valence-electron chi connectivity index (χ4n) is 4.01. The molecule has 0 atom stereocenters. The molecule has 212 valence electrons. The Kier molecular flexibility index (Phi) is 8.79. The van der Waals surface area contributed by atoms with Crippen LogP contribution in [0.4, 0.5) is 5.69 Å². The number of benzene rings is 3. The van der Waals surface area contributed by atoms with Crippen molar-refractivity contribution in [2.45, 2.75) is 22.9 Å². The monoisotopic (exact) mass is 613 g/mol. The third-order valence-electron chi connectivity index (χ3n) is 6.05. The largest absolute Gasteiger partial charge is 0.352 e. The van der Waals surface area contributed by atoms with Crippen molar-refractivity contribution >= 4 is 43.3 Å². The molecule has 0 aliphatic carbocycles. The predicted molar refractivity (Wildman–Crippen MR) is 151 cm³/mol. The van der Waals surface area contributed by atoms with Crippen LogP contribution in [0.1, 0.15) is 27.0 Å². The number of halogens is 1. The van der Waals surface area contributed by atoms with Gasteiger partial charge in [0, 0.05) is 30.4 Å². The molecule has 0 unspecified atom stereocenters. The van der Waals surface area contributed by atoms with E-state index < -0.39 is 20.1 Å². The third kappa shape index (κ3) is 7.11. The molecule has 1 amide bonds. The molecular weight excluding hydrogens is 590 g/mol. The summed E-state index contributed by atoms with van der Waals surface area (Å²) in [4.78, 5) is 12.3. The molecule has 1 aromatic heterocycles. The van der Waals surface area contributed by atoms with E-state index >= 15 is 0 Å². The van der Waals surface area contributed by atoms with Gasteiger partial charge in [-0.3, -0.25) is 18.3 Å². The molecule has 4 aromatic rings. The number of hydrogen-bond acceptors (Lipinski definition) is 7. The second-order valence-electron chi connectivity index (χ2n) is 8.93. The number of amides is 1. The average Bonchev–Trinajstić information content (AvgIpc) is 3.40. The number of rotatable bonds is 6. The average molecular weight is 614 g/mol. The summed E-state index contributed by atoms with van der Waals surface area (Å²) in [6, 6.07) is 21.1. The van der Waals surface area contributed by atoms with E-state index in [9.17, 15) is 26.9 Å². The molecule has 0 saturated carbocycles. The molecule has 41 heavy (non-hydrogen) atoms. The lowest BCUT2D eigenvalue weighted by atomic mass is 10.00. The maximum Gasteiger partial charge on any atom is 0.313 e. The normalized spacial score (nSPS) is 12.8. The summed E-state index contributed by atoms with van der Waals surface area (Å²) in [5.41, 5.74) is 2.69. The predicted octanol–water partition coefficient (Wildman–Crippen LogP) is 3.56. The summed E-state index contributed by atoms with van der Waals surface area (Å²) in [6.07, 6.45) is 2.12. The molecule has 3 aromatic carbocycles. The molecule has 5 rings (SSSR count). The summed E-state index contributed by atoms with van der Waals surface area (Å²) in [6.45, 7) is 0.593. The number of carbonyl (C=O) groups excluding carboxylic acids is 1. The lowest BCUT2D eigenvalue weighted by molar-refractivity contribution is 0.0946. The highest BCUT2D eigenvalue weighted by Gasteiger charge is 2.27. The third-order valence-corrected chi connectivity index (χ3v) is 8.82. The first kappa shape index (κ1) is 29.8. The van der Waals surface area contributed by atoms with E-state index in [2.05, 4.69) is 10.4 Å². The fraction of sp³-hybridized carbons (Fsp3) is 0.148. The van der Waals surface area contributed by atoms with Gasteiger partial charge in [-0.05, 0) is 66.1 Å². The second-order valence-corrected chi connectivity index (χ2v) is 12.6. The van der Waals surface area contributed by atoms with E-state index in [0.29, 0.717) is 29.2 Å². The van der Waals surface area contributed by atoms with Gasteiger partial charge < -0.3 is 5.32 Å². The van der Waals surface area contributed by atoms with Crippen LogP contribution in [0.25, 0.3) is 0 Å². The highest BCUT2D eigenvalue weighted by Crippen LogP contribution is 2.29. The number of anilines is 1. The number of nitrogens with one attached hydrogen (secondary N) is 1. The lowest BCUT2D eigenvalue weighted by Crippen LogP contribution is -2.34. The van der Waals surface area contributed by atoms with Crippen LogP contribution in [0.15, 0.2) is 88.9 Å². The van der Waals surface area contributed by atoms with E-state index in [0.717, 1.165) is 11.1 Å². The van der Waals surface area contributed by atoms with Crippen LogP contribution in [0, 0.1) is 11.3 Å². The summed E-state index contributed by atoms with van der Waals surface area (Å²) in [7, 11) is -6.57. The number of carbonyl (C=O) groups is 1. The van der Waals surface area contributed by atoms with Gasteiger partial charge in [-0.15, -0.1) is 0 Å². The molecule has 1 aliphatic heterocycles. The Bertz CT molecular complexity index is 1850. The molecule has 2 N–H and O–H groups in total. The maximum atomic E-state index is 13.6. The number of nitriles is 1. The molecule has 0 radical (unpaired) electrons. The second kappa shape index (κ2) is 12.1. The van der Waals surface area contributed by atoms with E-state index in [4.69, 9.17) is 16.2 Å². The van der Waals surface area contributed by atoms with Gasteiger partial charge in [0.05, 0.1) is 28.8 Å². The van der Waals surface area contributed by atoms with Crippen LogP contribution < -0.4 is 9.62 Å². The van der Waals surface area contributed by atoms with Gasteiger partial charge in [0.25, 0.3) is 15.9 Å². The van der Waals surface area contributed by atoms with Crippen molar-refractivity contribution in [2.75, 3.05) is 10.8 Å². The highest BCUT2D eigenvalue weighted by atomic mass is 35.5. The first-order valence-electron chi connectivity index (χ1n) is 12.0. The first-order valence-corrected chi connectivity index (χ1v) is 15.3. The molecule has 11 nitrogen and oxygen atoms in total. The Morgan fingerprint density at radius 1 is 1.07 bits per heavy atom. The standard InChI is InChI=1S/C23H18ClN3O3S.C4H6N2O3S/c24-19-7-4-16(5-8-19)15-27(31(29,30)21-3-1-2-17(12-21)14-25)20-9-6-18-10-11-26-23(28)22(18)13-20;1-6-3-2-4(5-6)10(7,8)9/h1-9,12-13H,10-11,15H2,(H,26,28);2-3H,1H3,(H,7,8,9). The Hall–Kier alpha value is -4.22. The van der Waals surface area contributed by atoms with Crippen LogP contribution in [-0.2, 0) is 40.2 Å². The minimum atomic E-state index is -4.11. The SMILES string of the molecule is Cn1ccc(S(=O)(=O)O)n1.N#Cc1cccc(S(=O)(=O)N(Cc2ccc(Cl)cc2)c2ccc3c(c2)C(=O)NCC3)c1. The van der Waals surface area contributed by atoms with Gasteiger partial charge >= 0.3 is 10.1 Å². The number of fused-ring (bicyclic) bond motifs is 1. The van der Waals surface area contributed by atoms with Crippen molar-refractivity contribution in [3.05, 3.63) is 106 Å². The summed E-state index contributed by atoms with van der Waals surface area (Å²) in [5.74, 6) is -0.224. The Morgan fingerprint density at radius 3 is 2.41 bits per heavy atom. The minimum absolute atomic E-state index is 0.00249. The molecule has 1 aliphatic rings. The van der Waals surface area contributed by atoms with Crippen LogP contribution in [-0.4, -0.2) is 43.6 Å². The molecule has 2 heterocycles. The van der Waals surface area contributed by atoms with Crippen molar-refractivity contribution in [1.82, 2.24) is 15.1 Å². The smallest absolute Gasteiger partial charge is 0.313 e. The minimum Gasteiger partial charge on any atom is -0.352 e. The number of aromatic nitrogens is 2. The van der Waals surface area contributed by atoms with E-state index in [1.54, 1.807) is 55.6 Å². The van der Waals surface area contributed by atoms with Gasteiger partial charge in [0.2, 0.25) is 5.03 Å². The zero-order valence-electron chi connectivity index (χ0n) is 21.6. The summed E-state index contributed by atoms with van der Waals surface area (Å²) >= 11 is 5.97. The van der Waals surface area contributed by atoms with Gasteiger partial charge in [0.15, 0.2) is 0 Å². The molecule has 0 bridgehead atoms. The molecule has 0 spiro atoms. The molecule has 0 saturated heterocycles. The van der Waals surface area contributed by atoms with Crippen LogP contribution in [0.2, 0.25) is 5.02 Å². The fourth-order valence-corrected chi connectivity index (χ4v) is 6.09. The van der Waals surface area contributed by atoms with Gasteiger partial charge in [0.1, 0.15) is 0 Å². The zero-order chi connectivity index (χ0) is 29.8. The van der Waals surface area contributed by atoms with Gasteiger partial charge in [-0.25, -0.2) is 8.42 Å². The van der Waals surface area contributed by atoms with Crippen molar-refractivity contribution in [2.24, 2.45) is 7.05 Å². The van der Waals surface area contributed by atoms with E-state index in [-0.39, 0.29) is 27.9 Å². The van der Waals surface area contributed by atoms with Gasteiger partial charge in [-0.1, -0.05) is 35.9 Å². The van der Waals surface area contributed by atoms with Crippen LogP contribution in [0.3, 0.4) is 0 Å². The van der Waals surface area contributed by atoms with Crippen molar-refractivity contribution in [3.63, 3.8) is 0 Å². The number of hydrogen-bond donors (Lipinski definition) is 2. The Labute approximate surface area is 242 Å². The van der Waals surface area contributed by atoms with Crippen molar-refractivity contribution in [1.29, 1.82) is 5.26 Å². The topological polar surface area (TPSA) is 162 Å².